The van der Waals surface area contributed by atoms with Crippen molar-refractivity contribution in [1.82, 2.24) is 0 Å². The summed E-state index contributed by atoms with van der Waals surface area (Å²) in [7, 11) is 0. The molecule has 3 heteroatoms. The second-order valence-electron chi connectivity index (χ2n) is 2.43. The van der Waals surface area contributed by atoms with E-state index in [4.69, 9.17) is 0 Å². The number of nitrogens with zero attached hydrogens (tertiary/aromatic N) is 2. The lowest BCUT2D eigenvalue weighted by atomic mass is 10.2. The second-order valence-corrected chi connectivity index (χ2v) is 3.40. The largest absolute Gasteiger partial charge is 0.274 e. The Morgan fingerprint density at radius 1 is 1.67 bits per heavy atom. The molecule has 0 amide bonds. The van der Waals surface area contributed by atoms with E-state index < -0.39 is 0 Å². The summed E-state index contributed by atoms with van der Waals surface area (Å²) in [6.07, 6.45) is 1.60. The van der Waals surface area contributed by atoms with Crippen molar-refractivity contribution in [2.75, 3.05) is 6.54 Å². The van der Waals surface area contributed by atoms with Gasteiger partial charge in [0.05, 0.1) is 5.71 Å². The molecule has 2 nitrogen and oxygen atoms in total. The quantitative estimate of drug-likeness (QED) is 0.473. The highest BCUT2D eigenvalue weighted by Gasteiger charge is 2.12. The van der Waals surface area contributed by atoms with Crippen molar-refractivity contribution in [2.45, 2.75) is 13.8 Å². The fraction of sp³-hybridized carbons (Fsp3) is 0.333. The molecule has 0 saturated carbocycles. The molecule has 1 rings (SSSR count). The number of rotatable bonds is 2. The topological polar surface area (TPSA) is 24.7 Å². The Labute approximate surface area is 77.2 Å². The standard InChI is InChI=1S/C9H12N2S/c1-4-10-6-11-9-7(2)5-12-8(9)3/h5-6H,3-4H2,1-2H3. The van der Waals surface area contributed by atoms with Crippen LogP contribution in [0.3, 0.4) is 0 Å². The van der Waals surface area contributed by atoms with Crippen molar-refractivity contribution < 1.29 is 0 Å². The Kier molecular flexibility index (Phi) is 3.29. The van der Waals surface area contributed by atoms with E-state index in [1.54, 1.807) is 18.1 Å². The fourth-order valence-corrected chi connectivity index (χ4v) is 1.60. The second kappa shape index (κ2) is 4.26. The first-order valence-corrected chi connectivity index (χ1v) is 4.73. The van der Waals surface area contributed by atoms with Gasteiger partial charge in [0.2, 0.25) is 0 Å². The van der Waals surface area contributed by atoms with Gasteiger partial charge in [0.1, 0.15) is 6.34 Å². The van der Waals surface area contributed by atoms with Crippen molar-refractivity contribution in [2.24, 2.45) is 9.98 Å². The van der Waals surface area contributed by atoms with Crippen molar-refractivity contribution in [3.63, 3.8) is 0 Å². The zero-order valence-electron chi connectivity index (χ0n) is 7.37. The predicted molar refractivity (Wildman–Crippen MR) is 57.0 cm³/mol. The summed E-state index contributed by atoms with van der Waals surface area (Å²) in [5.41, 5.74) is 2.14. The van der Waals surface area contributed by atoms with Gasteiger partial charge in [-0.1, -0.05) is 18.3 Å². The molecule has 0 N–H and O–H groups in total. The van der Waals surface area contributed by atoms with Crippen LogP contribution in [-0.4, -0.2) is 18.6 Å². The summed E-state index contributed by atoms with van der Waals surface area (Å²) in [4.78, 5) is 9.23. The Morgan fingerprint density at radius 3 is 2.92 bits per heavy atom. The van der Waals surface area contributed by atoms with Crippen LogP contribution in [0.4, 0.5) is 0 Å². The van der Waals surface area contributed by atoms with E-state index in [-0.39, 0.29) is 0 Å². The minimum absolute atomic E-state index is 0.777. The van der Waals surface area contributed by atoms with Gasteiger partial charge in [-0.3, -0.25) is 4.99 Å². The van der Waals surface area contributed by atoms with Gasteiger partial charge in [-0.05, 0) is 24.8 Å². The van der Waals surface area contributed by atoms with Crippen LogP contribution in [0, 0.1) is 0 Å². The maximum absolute atomic E-state index is 4.21. The SMILES string of the molecule is C=C1SC=C(C)C1=NC=NCC. The third-order valence-corrected chi connectivity index (χ3v) is 2.42. The van der Waals surface area contributed by atoms with Crippen LogP contribution in [0.1, 0.15) is 13.8 Å². The third-order valence-electron chi connectivity index (χ3n) is 1.47. The van der Waals surface area contributed by atoms with Crippen LogP contribution in [0.15, 0.2) is 32.5 Å². The maximum atomic E-state index is 4.21. The molecule has 0 aromatic carbocycles. The molecule has 0 bridgehead atoms. The molecule has 12 heavy (non-hydrogen) atoms. The Hall–Kier alpha value is -0.830. The van der Waals surface area contributed by atoms with Crippen molar-refractivity contribution >= 4 is 23.8 Å². The molecule has 0 saturated heterocycles. The Balaban J connectivity index is 2.73. The average molecular weight is 180 g/mol. The summed E-state index contributed by atoms with van der Waals surface area (Å²) in [6.45, 7) is 8.68. The molecule has 0 radical (unpaired) electrons. The maximum Gasteiger partial charge on any atom is 0.110 e. The van der Waals surface area contributed by atoms with Gasteiger partial charge in [0, 0.05) is 11.4 Å². The zero-order chi connectivity index (χ0) is 8.97. The summed E-state index contributed by atoms with van der Waals surface area (Å²) in [5, 5.41) is 2.06. The van der Waals surface area contributed by atoms with Crippen LogP contribution < -0.4 is 0 Å². The highest BCUT2D eigenvalue weighted by Crippen LogP contribution is 2.29. The van der Waals surface area contributed by atoms with Crippen molar-refractivity contribution in [1.29, 1.82) is 0 Å². The molecule has 64 valence electrons. The van der Waals surface area contributed by atoms with E-state index in [1.165, 1.54) is 5.57 Å². The minimum atomic E-state index is 0.777. The van der Waals surface area contributed by atoms with Crippen LogP contribution in [0.25, 0.3) is 0 Å². The summed E-state index contributed by atoms with van der Waals surface area (Å²) in [5.74, 6) is 0. The minimum Gasteiger partial charge on any atom is -0.274 e. The molecule has 1 aliphatic rings. The number of aliphatic imine (C=N–C) groups is 2. The van der Waals surface area contributed by atoms with E-state index in [1.807, 2.05) is 13.8 Å². The van der Waals surface area contributed by atoms with Crippen molar-refractivity contribution in [3.05, 3.63) is 22.5 Å². The molecule has 0 aromatic rings. The van der Waals surface area contributed by atoms with Crippen molar-refractivity contribution in [3.8, 4) is 0 Å². The van der Waals surface area contributed by atoms with Gasteiger partial charge in [-0.15, -0.1) is 0 Å². The fourth-order valence-electron chi connectivity index (χ4n) is 0.845. The van der Waals surface area contributed by atoms with Gasteiger partial charge in [-0.25, -0.2) is 4.99 Å². The molecule has 0 aromatic heterocycles. The van der Waals surface area contributed by atoms with E-state index in [0.29, 0.717) is 0 Å². The number of hydrogen-bond acceptors (Lipinski definition) is 2. The van der Waals surface area contributed by atoms with Gasteiger partial charge >= 0.3 is 0 Å². The molecule has 1 heterocycles. The normalized spacial score (nSPS) is 21.0. The van der Waals surface area contributed by atoms with Gasteiger partial charge in [0.15, 0.2) is 0 Å². The lowest BCUT2D eigenvalue weighted by Gasteiger charge is -1.95. The summed E-state index contributed by atoms with van der Waals surface area (Å²) >= 11 is 1.62. The highest BCUT2D eigenvalue weighted by molar-refractivity contribution is 8.07. The molecular formula is C9H12N2S. The molecule has 0 unspecified atom stereocenters. The molecular weight excluding hydrogens is 168 g/mol. The molecule has 0 fully saturated rings. The number of hydrogen-bond donors (Lipinski definition) is 0. The Morgan fingerprint density at radius 2 is 2.42 bits per heavy atom. The molecule has 0 atom stereocenters. The summed E-state index contributed by atoms with van der Waals surface area (Å²) in [6, 6.07) is 0. The average Bonchev–Trinajstić information content (AvgIpc) is 2.35. The summed E-state index contributed by atoms with van der Waals surface area (Å²) < 4.78 is 0. The van der Waals surface area contributed by atoms with Crippen LogP contribution in [0.5, 0.6) is 0 Å². The number of thioether (sulfide) groups is 1. The first kappa shape index (κ1) is 9.26. The smallest absolute Gasteiger partial charge is 0.110 e. The first-order chi connectivity index (χ1) is 5.75. The van der Waals surface area contributed by atoms with Gasteiger partial charge < -0.3 is 0 Å². The predicted octanol–water partition coefficient (Wildman–Crippen LogP) is 2.64. The van der Waals surface area contributed by atoms with Crippen LogP contribution in [0.2, 0.25) is 0 Å². The van der Waals surface area contributed by atoms with E-state index >= 15 is 0 Å². The monoisotopic (exact) mass is 180 g/mol. The molecule has 0 aliphatic carbocycles. The van der Waals surface area contributed by atoms with Crippen LogP contribution in [-0.2, 0) is 0 Å². The van der Waals surface area contributed by atoms with Crippen LogP contribution >= 0.6 is 11.8 Å². The molecule has 1 aliphatic heterocycles. The highest BCUT2D eigenvalue weighted by atomic mass is 32.2. The van der Waals surface area contributed by atoms with Gasteiger partial charge in [0.25, 0.3) is 0 Å². The van der Waals surface area contributed by atoms with Gasteiger partial charge in [-0.2, -0.15) is 0 Å². The lowest BCUT2D eigenvalue weighted by molar-refractivity contribution is 1.13. The van der Waals surface area contributed by atoms with E-state index in [0.717, 1.165) is 17.2 Å². The lowest BCUT2D eigenvalue weighted by Crippen LogP contribution is -1.95. The first-order valence-electron chi connectivity index (χ1n) is 3.85. The Bertz CT molecular complexity index is 274. The molecule has 0 spiro atoms. The van der Waals surface area contributed by atoms with E-state index in [2.05, 4.69) is 22.0 Å². The van der Waals surface area contributed by atoms with E-state index in [9.17, 15) is 0 Å². The zero-order valence-corrected chi connectivity index (χ0v) is 8.19. The number of allylic oxidation sites excluding steroid dienone is 2. The third kappa shape index (κ3) is 2.08.